The summed E-state index contributed by atoms with van der Waals surface area (Å²) < 4.78 is 19.0. The average Bonchev–Trinajstić information content (AvgIpc) is 3.51. The smallest absolute Gasteiger partial charge is 0.411 e. The SMILES string of the molecule is CC(C)CC(=O)Nc1cccc(C2OC(=O)N(Cc3ccc(F)cc3)C2C(=O)NC2CC2)c1. The first-order chi connectivity index (χ1) is 15.8. The number of halogens is 1. The topological polar surface area (TPSA) is 87.7 Å². The van der Waals surface area contributed by atoms with Gasteiger partial charge in [0.15, 0.2) is 12.1 Å². The van der Waals surface area contributed by atoms with Gasteiger partial charge in [-0.3, -0.25) is 14.5 Å². The number of anilines is 1. The molecule has 0 aromatic heterocycles. The molecule has 3 amide bonds. The molecular formula is C25H28FN3O4. The van der Waals surface area contributed by atoms with Crippen LogP contribution >= 0.6 is 0 Å². The normalized spacial score (nSPS) is 20.0. The van der Waals surface area contributed by atoms with Gasteiger partial charge in [-0.25, -0.2) is 9.18 Å². The number of amides is 3. The fourth-order valence-electron chi connectivity index (χ4n) is 3.89. The molecule has 2 atom stereocenters. The molecule has 2 unspecified atom stereocenters. The Balaban J connectivity index is 1.58. The van der Waals surface area contributed by atoms with Crippen LogP contribution in [0.3, 0.4) is 0 Å². The number of benzene rings is 2. The number of carbonyl (C=O) groups excluding carboxylic acids is 3. The van der Waals surface area contributed by atoms with Gasteiger partial charge in [0.25, 0.3) is 0 Å². The number of hydrogen-bond donors (Lipinski definition) is 2. The fourth-order valence-corrected chi connectivity index (χ4v) is 3.89. The van der Waals surface area contributed by atoms with Crippen molar-refractivity contribution in [3.05, 3.63) is 65.5 Å². The Morgan fingerprint density at radius 2 is 1.88 bits per heavy atom. The van der Waals surface area contributed by atoms with Gasteiger partial charge in [0.2, 0.25) is 11.8 Å². The second-order valence-electron chi connectivity index (χ2n) is 9.06. The van der Waals surface area contributed by atoms with Crippen LogP contribution in [0.2, 0.25) is 0 Å². The Kier molecular flexibility index (Phi) is 6.62. The first-order valence-electron chi connectivity index (χ1n) is 11.2. The van der Waals surface area contributed by atoms with Crippen LogP contribution in [0.15, 0.2) is 48.5 Å². The van der Waals surface area contributed by atoms with Gasteiger partial charge in [0, 0.05) is 18.2 Å². The van der Waals surface area contributed by atoms with Crippen LogP contribution in [0.5, 0.6) is 0 Å². The molecule has 2 aromatic rings. The lowest BCUT2D eigenvalue weighted by Crippen LogP contribution is -2.46. The summed E-state index contributed by atoms with van der Waals surface area (Å²) in [5.74, 6) is -0.546. The zero-order valence-electron chi connectivity index (χ0n) is 18.7. The highest BCUT2D eigenvalue weighted by Gasteiger charge is 2.48. The molecule has 2 N–H and O–H groups in total. The van der Waals surface area contributed by atoms with Gasteiger partial charge in [-0.05, 0) is 54.2 Å². The first-order valence-corrected chi connectivity index (χ1v) is 11.2. The van der Waals surface area contributed by atoms with Crippen molar-refractivity contribution >= 4 is 23.6 Å². The van der Waals surface area contributed by atoms with Gasteiger partial charge < -0.3 is 15.4 Å². The lowest BCUT2D eigenvalue weighted by molar-refractivity contribution is -0.126. The number of cyclic esters (lactones) is 1. The van der Waals surface area contributed by atoms with E-state index >= 15 is 0 Å². The molecule has 1 aliphatic heterocycles. The fraction of sp³-hybridized carbons (Fsp3) is 0.400. The molecule has 1 saturated carbocycles. The Hall–Kier alpha value is -3.42. The van der Waals surface area contributed by atoms with Crippen molar-refractivity contribution in [3.8, 4) is 0 Å². The maximum atomic E-state index is 13.3. The number of nitrogens with one attached hydrogen (secondary N) is 2. The summed E-state index contributed by atoms with van der Waals surface area (Å²) in [4.78, 5) is 39.5. The third-order valence-electron chi connectivity index (χ3n) is 5.64. The van der Waals surface area contributed by atoms with E-state index in [1.807, 2.05) is 13.8 Å². The van der Waals surface area contributed by atoms with Crippen molar-refractivity contribution < 1.29 is 23.5 Å². The molecule has 8 heteroatoms. The number of rotatable bonds is 8. The van der Waals surface area contributed by atoms with Crippen LogP contribution in [-0.4, -0.2) is 34.9 Å². The van der Waals surface area contributed by atoms with E-state index in [-0.39, 0.29) is 36.1 Å². The summed E-state index contributed by atoms with van der Waals surface area (Å²) in [6, 6.07) is 12.0. The molecule has 2 aromatic carbocycles. The van der Waals surface area contributed by atoms with E-state index in [1.165, 1.54) is 17.0 Å². The van der Waals surface area contributed by atoms with E-state index in [1.54, 1.807) is 36.4 Å². The quantitative estimate of drug-likeness (QED) is 0.629. The summed E-state index contributed by atoms with van der Waals surface area (Å²) in [7, 11) is 0. The van der Waals surface area contributed by atoms with Crippen LogP contribution in [0.1, 0.15) is 50.3 Å². The summed E-state index contributed by atoms with van der Waals surface area (Å²) in [5, 5.41) is 5.83. The number of ether oxygens (including phenoxy) is 1. The Morgan fingerprint density at radius 1 is 1.15 bits per heavy atom. The van der Waals surface area contributed by atoms with Crippen LogP contribution in [0, 0.1) is 11.7 Å². The molecule has 0 radical (unpaired) electrons. The molecule has 1 saturated heterocycles. The van der Waals surface area contributed by atoms with Gasteiger partial charge in [0.05, 0.1) is 6.54 Å². The van der Waals surface area contributed by atoms with E-state index in [9.17, 15) is 18.8 Å². The van der Waals surface area contributed by atoms with Crippen molar-refractivity contribution in [2.45, 2.75) is 57.8 Å². The molecule has 174 valence electrons. The van der Waals surface area contributed by atoms with E-state index in [4.69, 9.17) is 4.74 Å². The second kappa shape index (κ2) is 9.60. The van der Waals surface area contributed by atoms with Crippen molar-refractivity contribution in [2.24, 2.45) is 5.92 Å². The van der Waals surface area contributed by atoms with Gasteiger partial charge in [-0.1, -0.05) is 38.1 Å². The van der Waals surface area contributed by atoms with E-state index in [0.717, 1.165) is 12.8 Å². The minimum atomic E-state index is -0.884. The summed E-state index contributed by atoms with van der Waals surface area (Å²) >= 11 is 0. The summed E-state index contributed by atoms with van der Waals surface area (Å²) in [5.41, 5.74) is 1.88. The third kappa shape index (κ3) is 5.69. The number of nitrogens with zero attached hydrogens (tertiary/aromatic N) is 1. The minimum absolute atomic E-state index is 0.105. The molecule has 4 rings (SSSR count). The number of carbonyl (C=O) groups is 3. The molecule has 7 nitrogen and oxygen atoms in total. The van der Waals surface area contributed by atoms with Crippen molar-refractivity contribution in [1.29, 1.82) is 0 Å². The van der Waals surface area contributed by atoms with Gasteiger partial charge in [0.1, 0.15) is 5.82 Å². The Labute approximate surface area is 192 Å². The average molecular weight is 454 g/mol. The predicted molar refractivity (Wildman–Crippen MR) is 121 cm³/mol. The highest BCUT2D eigenvalue weighted by Crippen LogP contribution is 2.35. The van der Waals surface area contributed by atoms with Gasteiger partial charge in [-0.15, -0.1) is 0 Å². The maximum Gasteiger partial charge on any atom is 0.411 e. The van der Waals surface area contributed by atoms with Crippen LogP contribution in [0.4, 0.5) is 14.9 Å². The maximum absolute atomic E-state index is 13.3. The second-order valence-corrected chi connectivity index (χ2v) is 9.06. The zero-order valence-corrected chi connectivity index (χ0v) is 18.7. The van der Waals surface area contributed by atoms with Crippen LogP contribution in [-0.2, 0) is 20.9 Å². The van der Waals surface area contributed by atoms with Crippen molar-refractivity contribution in [3.63, 3.8) is 0 Å². The molecule has 0 bridgehead atoms. The molecule has 2 fully saturated rings. The monoisotopic (exact) mass is 453 g/mol. The van der Waals surface area contributed by atoms with E-state index in [0.29, 0.717) is 23.2 Å². The third-order valence-corrected chi connectivity index (χ3v) is 5.64. The van der Waals surface area contributed by atoms with Crippen LogP contribution < -0.4 is 10.6 Å². The van der Waals surface area contributed by atoms with E-state index < -0.39 is 18.2 Å². The van der Waals surface area contributed by atoms with Gasteiger partial charge >= 0.3 is 6.09 Å². The number of hydrogen-bond acceptors (Lipinski definition) is 4. The standard InChI is InChI=1S/C25H28FN3O4/c1-15(2)12-21(30)27-20-5-3-4-17(13-20)23-22(24(31)28-19-10-11-19)29(25(32)33-23)14-16-6-8-18(26)9-7-16/h3-9,13,15,19,22-23H,10-12,14H2,1-2H3,(H,27,30)(H,28,31). The highest BCUT2D eigenvalue weighted by molar-refractivity contribution is 5.91. The summed E-state index contributed by atoms with van der Waals surface area (Å²) in [6.45, 7) is 4.04. The Morgan fingerprint density at radius 3 is 2.55 bits per heavy atom. The zero-order chi connectivity index (χ0) is 23.5. The van der Waals surface area contributed by atoms with E-state index in [2.05, 4.69) is 10.6 Å². The lowest BCUT2D eigenvalue weighted by Gasteiger charge is -2.24. The predicted octanol–water partition coefficient (Wildman–Crippen LogP) is 4.15. The minimum Gasteiger partial charge on any atom is -0.438 e. The highest BCUT2D eigenvalue weighted by atomic mass is 19.1. The van der Waals surface area contributed by atoms with Crippen LogP contribution in [0.25, 0.3) is 0 Å². The molecule has 1 heterocycles. The van der Waals surface area contributed by atoms with Gasteiger partial charge in [-0.2, -0.15) is 0 Å². The largest absolute Gasteiger partial charge is 0.438 e. The Bertz CT molecular complexity index is 1040. The lowest BCUT2D eigenvalue weighted by atomic mass is 10.00. The summed E-state index contributed by atoms with van der Waals surface area (Å²) in [6.07, 6.45) is 0.759. The molecular weight excluding hydrogens is 425 g/mol. The van der Waals surface area contributed by atoms with Crippen molar-refractivity contribution in [1.82, 2.24) is 10.2 Å². The molecule has 2 aliphatic rings. The molecule has 1 aliphatic carbocycles. The first kappa shape index (κ1) is 22.8. The van der Waals surface area contributed by atoms with Crippen molar-refractivity contribution in [2.75, 3.05) is 5.32 Å². The molecule has 0 spiro atoms. The molecule has 33 heavy (non-hydrogen) atoms.